The third-order valence-electron chi connectivity index (χ3n) is 5.02. The van der Waals surface area contributed by atoms with E-state index in [-0.39, 0.29) is 22.8 Å². The second-order valence-electron chi connectivity index (χ2n) is 7.40. The normalized spacial score (nSPS) is 10.5. The Kier molecular flexibility index (Phi) is 7.99. The number of rotatable bonds is 9. The minimum absolute atomic E-state index is 0.0663. The van der Waals surface area contributed by atoms with E-state index in [0.29, 0.717) is 16.6 Å². The highest BCUT2D eigenvalue weighted by molar-refractivity contribution is 8.00. The number of carbonyl (C=O) groups excluding carboxylic acids is 2. The zero-order valence-electron chi connectivity index (χ0n) is 19.1. The molecule has 0 radical (unpaired) electrons. The van der Waals surface area contributed by atoms with Gasteiger partial charge in [0.05, 0.1) is 29.7 Å². The van der Waals surface area contributed by atoms with E-state index >= 15 is 0 Å². The van der Waals surface area contributed by atoms with Crippen LogP contribution in [0, 0.1) is 0 Å². The number of aromatic nitrogens is 1. The lowest BCUT2D eigenvalue weighted by Crippen LogP contribution is -2.16. The fraction of sp³-hybridized carbons (Fsp3) is 0.0769. The Balaban J connectivity index is 1.31. The Hall–Kier alpha value is -4.15. The summed E-state index contributed by atoms with van der Waals surface area (Å²) in [5.41, 5.74) is 2.11. The van der Waals surface area contributed by atoms with Crippen LogP contribution in [0.2, 0.25) is 0 Å². The molecule has 10 heteroatoms. The number of carbonyl (C=O) groups is 3. The molecule has 182 valence electrons. The summed E-state index contributed by atoms with van der Waals surface area (Å²) in [6.07, 6.45) is 0. The van der Waals surface area contributed by atoms with E-state index in [9.17, 15) is 19.5 Å². The summed E-state index contributed by atoms with van der Waals surface area (Å²) in [6.45, 7) is 0. The Bertz CT molecular complexity index is 1400. The minimum atomic E-state index is -1.17. The van der Waals surface area contributed by atoms with Crippen LogP contribution in [0.4, 0.5) is 10.8 Å². The first-order chi connectivity index (χ1) is 17.4. The number of thioether (sulfide) groups is 1. The van der Waals surface area contributed by atoms with Crippen molar-refractivity contribution in [2.75, 3.05) is 23.5 Å². The van der Waals surface area contributed by atoms with E-state index in [1.54, 1.807) is 43.5 Å². The zero-order chi connectivity index (χ0) is 25.5. The van der Waals surface area contributed by atoms with Crippen LogP contribution < -0.4 is 15.4 Å². The Morgan fingerprint density at radius 1 is 0.944 bits per heavy atom. The molecule has 8 nitrogen and oxygen atoms in total. The second kappa shape index (κ2) is 11.5. The maximum atomic E-state index is 12.5. The maximum absolute atomic E-state index is 12.5. The molecule has 0 atom stereocenters. The van der Waals surface area contributed by atoms with Crippen LogP contribution in [0.3, 0.4) is 0 Å². The zero-order valence-corrected chi connectivity index (χ0v) is 20.7. The molecular formula is C26H21N3O5S2. The third-order valence-corrected chi connectivity index (χ3v) is 6.79. The number of aromatic carboxylic acids is 1. The number of benzene rings is 3. The van der Waals surface area contributed by atoms with Crippen molar-refractivity contribution >= 4 is 51.7 Å². The molecule has 0 spiro atoms. The molecule has 1 heterocycles. The number of thiazole rings is 1. The molecule has 0 fully saturated rings. The van der Waals surface area contributed by atoms with Gasteiger partial charge in [-0.3, -0.25) is 9.59 Å². The molecule has 0 saturated carbocycles. The molecule has 4 rings (SSSR count). The predicted octanol–water partition coefficient (Wildman–Crippen LogP) is 5.50. The monoisotopic (exact) mass is 519 g/mol. The summed E-state index contributed by atoms with van der Waals surface area (Å²) in [7, 11) is 1.60. The van der Waals surface area contributed by atoms with Crippen LogP contribution in [0.1, 0.15) is 20.7 Å². The summed E-state index contributed by atoms with van der Waals surface area (Å²) in [5.74, 6) is -0.977. The van der Waals surface area contributed by atoms with Crippen molar-refractivity contribution in [1.82, 2.24) is 4.98 Å². The van der Waals surface area contributed by atoms with Crippen LogP contribution in [-0.4, -0.2) is 40.7 Å². The molecule has 0 bridgehead atoms. The number of anilines is 2. The third kappa shape index (κ3) is 6.09. The quantitative estimate of drug-likeness (QED) is 0.250. The average Bonchev–Trinajstić information content (AvgIpc) is 3.36. The number of ether oxygens (including phenoxy) is 1. The molecule has 4 aromatic rings. The largest absolute Gasteiger partial charge is 0.496 e. The van der Waals surface area contributed by atoms with Crippen molar-refractivity contribution in [2.24, 2.45) is 0 Å². The van der Waals surface area contributed by atoms with E-state index in [2.05, 4.69) is 15.6 Å². The summed E-state index contributed by atoms with van der Waals surface area (Å²) in [5, 5.41) is 17.1. The molecule has 0 aliphatic carbocycles. The second-order valence-corrected chi connectivity index (χ2v) is 9.31. The molecule has 0 unspecified atom stereocenters. The SMILES string of the molecule is COc1ccccc1-c1csc(NC(=O)CSc2ccc(NC(=O)c3ccccc3C(=O)O)cc2)n1. The standard InChI is InChI=1S/C26H21N3O5S2/c1-34-22-9-5-4-8-20(22)21-14-36-26(28-21)29-23(30)15-35-17-12-10-16(11-13-17)27-24(31)18-6-2-3-7-19(18)25(32)33/h2-14H,15H2,1H3,(H,27,31)(H,32,33)(H,28,29,30). The van der Waals surface area contributed by atoms with Gasteiger partial charge >= 0.3 is 5.97 Å². The Morgan fingerprint density at radius 2 is 1.64 bits per heavy atom. The van der Waals surface area contributed by atoms with Gasteiger partial charge in [-0.1, -0.05) is 24.3 Å². The number of para-hydroxylation sites is 1. The van der Waals surface area contributed by atoms with Gasteiger partial charge in [0.1, 0.15) is 5.75 Å². The Morgan fingerprint density at radius 3 is 2.36 bits per heavy atom. The van der Waals surface area contributed by atoms with Crippen LogP contribution >= 0.6 is 23.1 Å². The van der Waals surface area contributed by atoms with Gasteiger partial charge in [0.25, 0.3) is 5.91 Å². The summed E-state index contributed by atoms with van der Waals surface area (Å²) >= 11 is 2.68. The number of nitrogens with one attached hydrogen (secondary N) is 2. The predicted molar refractivity (Wildman–Crippen MR) is 141 cm³/mol. The number of hydrogen-bond donors (Lipinski definition) is 3. The highest BCUT2D eigenvalue weighted by Crippen LogP contribution is 2.32. The molecule has 3 aromatic carbocycles. The number of nitrogens with zero attached hydrogens (tertiary/aromatic N) is 1. The lowest BCUT2D eigenvalue weighted by molar-refractivity contribution is -0.113. The van der Waals surface area contributed by atoms with Crippen molar-refractivity contribution in [2.45, 2.75) is 4.90 Å². The molecule has 1 aromatic heterocycles. The van der Waals surface area contributed by atoms with Crippen molar-refractivity contribution in [1.29, 1.82) is 0 Å². The first-order valence-electron chi connectivity index (χ1n) is 10.7. The molecular weight excluding hydrogens is 498 g/mol. The van der Waals surface area contributed by atoms with Crippen molar-refractivity contribution in [3.05, 3.63) is 89.3 Å². The molecule has 2 amide bonds. The summed E-state index contributed by atoms with van der Waals surface area (Å²) in [4.78, 5) is 41.6. The number of methoxy groups -OCH3 is 1. The molecule has 0 aliphatic rings. The molecule has 0 aliphatic heterocycles. The van der Waals surface area contributed by atoms with Gasteiger partial charge in [-0.15, -0.1) is 23.1 Å². The molecule has 3 N–H and O–H groups in total. The van der Waals surface area contributed by atoms with E-state index in [4.69, 9.17) is 4.74 Å². The van der Waals surface area contributed by atoms with Gasteiger partial charge in [0.2, 0.25) is 5.91 Å². The lowest BCUT2D eigenvalue weighted by Gasteiger charge is -2.08. The fourth-order valence-electron chi connectivity index (χ4n) is 3.32. The first-order valence-corrected chi connectivity index (χ1v) is 12.6. The van der Waals surface area contributed by atoms with Gasteiger partial charge in [-0.2, -0.15) is 0 Å². The number of carboxylic acid groups (broad SMARTS) is 1. The topological polar surface area (TPSA) is 118 Å². The van der Waals surface area contributed by atoms with Crippen molar-refractivity contribution in [3.63, 3.8) is 0 Å². The van der Waals surface area contributed by atoms with E-state index < -0.39 is 11.9 Å². The van der Waals surface area contributed by atoms with Crippen LogP contribution in [0.5, 0.6) is 5.75 Å². The van der Waals surface area contributed by atoms with Crippen LogP contribution in [0.15, 0.2) is 83.1 Å². The van der Waals surface area contributed by atoms with Crippen molar-refractivity contribution in [3.8, 4) is 17.0 Å². The van der Waals surface area contributed by atoms with Gasteiger partial charge < -0.3 is 20.5 Å². The first kappa shape index (κ1) is 25.0. The molecule has 0 saturated heterocycles. The van der Waals surface area contributed by atoms with Gasteiger partial charge in [-0.05, 0) is 48.5 Å². The van der Waals surface area contributed by atoms with E-state index in [0.717, 1.165) is 16.2 Å². The highest BCUT2D eigenvalue weighted by atomic mass is 32.2. The maximum Gasteiger partial charge on any atom is 0.336 e. The fourth-order valence-corrected chi connectivity index (χ4v) is 4.74. The van der Waals surface area contributed by atoms with Gasteiger partial charge in [0.15, 0.2) is 5.13 Å². The van der Waals surface area contributed by atoms with Crippen molar-refractivity contribution < 1.29 is 24.2 Å². The summed E-state index contributed by atoms with van der Waals surface area (Å²) in [6, 6.07) is 20.5. The number of hydrogen-bond acceptors (Lipinski definition) is 7. The highest BCUT2D eigenvalue weighted by Gasteiger charge is 2.16. The minimum Gasteiger partial charge on any atom is -0.496 e. The van der Waals surface area contributed by atoms with Gasteiger partial charge in [0, 0.05) is 21.5 Å². The summed E-state index contributed by atoms with van der Waals surface area (Å²) < 4.78 is 5.37. The average molecular weight is 520 g/mol. The molecule has 36 heavy (non-hydrogen) atoms. The lowest BCUT2D eigenvalue weighted by atomic mass is 10.1. The van der Waals surface area contributed by atoms with Crippen LogP contribution in [-0.2, 0) is 4.79 Å². The van der Waals surface area contributed by atoms with E-state index in [1.807, 2.05) is 29.6 Å². The Labute approximate surface area is 215 Å². The van der Waals surface area contributed by atoms with Crippen LogP contribution in [0.25, 0.3) is 11.3 Å². The van der Waals surface area contributed by atoms with Gasteiger partial charge in [-0.25, -0.2) is 9.78 Å². The van der Waals surface area contributed by atoms with E-state index in [1.165, 1.54) is 35.2 Å². The smallest absolute Gasteiger partial charge is 0.336 e. The number of carboxylic acids is 1. The number of amides is 2.